The molecule has 6 nitrogen and oxygen atoms in total. The number of ether oxygens (including phenoxy) is 1. The van der Waals surface area contributed by atoms with Crippen LogP contribution < -0.4 is 10.1 Å². The van der Waals surface area contributed by atoms with E-state index in [4.69, 9.17) is 4.74 Å². The molecule has 1 unspecified atom stereocenters. The largest absolute Gasteiger partial charge is 0.439 e. The number of nitrogens with zero attached hydrogens (tertiary/aromatic N) is 2. The molecule has 0 radical (unpaired) electrons. The SMILES string of the molecule is Cc1cccc(Oc2cc(CN3C(=O)NC(C)(CCF)C3=O)ccn2)c1C. The topological polar surface area (TPSA) is 71.5 Å². The van der Waals surface area contributed by atoms with Crippen LogP contribution in [0.4, 0.5) is 9.18 Å². The lowest BCUT2D eigenvalue weighted by Crippen LogP contribution is -2.44. The summed E-state index contributed by atoms with van der Waals surface area (Å²) < 4.78 is 18.6. The van der Waals surface area contributed by atoms with Crippen molar-refractivity contribution in [3.63, 3.8) is 0 Å². The van der Waals surface area contributed by atoms with Crippen molar-refractivity contribution >= 4 is 11.9 Å². The first-order valence-corrected chi connectivity index (χ1v) is 8.73. The maximum atomic E-state index is 12.7. The molecule has 1 saturated heterocycles. The summed E-state index contributed by atoms with van der Waals surface area (Å²) in [6, 6.07) is 8.63. The minimum absolute atomic E-state index is 0.0502. The first-order chi connectivity index (χ1) is 12.8. The number of pyridine rings is 1. The molecule has 0 bridgehead atoms. The van der Waals surface area contributed by atoms with Crippen molar-refractivity contribution in [1.82, 2.24) is 15.2 Å². The average molecular weight is 371 g/mol. The normalized spacial score (nSPS) is 19.3. The zero-order valence-electron chi connectivity index (χ0n) is 15.6. The van der Waals surface area contributed by atoms with Gasteiger partial charge in [0.2, 0.25) is 5.88 Å². The van der Waals surface area contributed by atoms with Crippen molar-refractivity contribution in [2.45, 2.75) is 39.3 Å². The summed E-state index contributed by atoms with van der Waals surface area (Å²) in [6.07, 6.45) is 1.51. The highest BCUT2D eigenvalue weighted by Gasteiger charge is 2.47. The number of carbonyl (C=O) groups is 2. The zero-order chi connectivity index (χ0) is 19.6. The van der Waals surface area contributed by atoms with Gasteiger partial charge in [0, 0.05) is 18.7 Å². The monoisotopic (exact) mass is 371 g/mol. The molecular weight excluding hydrogens is 349 g/mol. The molecule has 142 valence electrons. The summed E-state index contributed by atoms with van der Waals surface area (Å²) in [4.78, 5) is 30.0. The molecule has 2 aromatic rings. The van der Waals surface area contributed by atoms with E-state index in [1.807, 2.05) is 32.0 Å². The van der Waals surface area contributed by atoms with E-state index in [1.165, 1.54) is 6.92 Å². The van der Waals surface area contributed by atoms with Crippen LogP contribution in [0.25, 0.3) is 0 Å². The molecule has 1 aromatic carbocycles. The lowest BCUT2D eigenvalue weighted by molar-refractivity contribution is -0.131. The summed E-state index contributed by atoms with van der Waals surface area (Å²) in [5.74, 6) is 0.642. The van der Waals surface area contributed by atoms with E-state index in [2.05, 4.69) is 10.3 Å². The van der Waals surface area contributed by atoms with E-state index < -0.39 is 24.2 Å². The number of nitrogens with one attached hydrogen (secondary N) is 1. The number of benzene rings is 1. The summed E-state index contributed by atoms with van der Waals surface area (Å²) in [6.45, 7) is 4.89. The number of hydrogen-bond acceptors (Lipinski definition) is 4. The number of rotatable bonds is 6. The number of aromatic nitrogens is 1. The molecule has 1 atom stereocenters. The molecule has 0 spiro atoms. The average Bonchev–Trinajstić information content (AvgIpc) is 2.83. The number of halogens is 1. The van der Waals surface area contributed by atoms with Gasteiger partial charge in [0.25, 0.3) is 5.91 Å². The fourth-order valence-electron chi connectivity index (χ4n) is 2.98. The van der Waals surface area contributed by atoms with Crippen molar-refractivity contribution in [3.05, 3.63) is 53.2 Å². The number of hydrogen-bond donors (Lipinski definition) is 1. The van der Waals surface area contributed by atoms with Crippen molar-refractivity contribution < 1.29 is 18.7 Å². The van der Waals surface area contributed by atoms with Crippen LogP contribution in [-0.4, -0.2) is 34.0 Å². The highest BCUT2D eigenvalue weighted by Crippen LogP contribution is 2.27. The highest BCUT2D eigenvalue weighted by atomic mass is 19.1. The van der Waals surface area contributed by atoms with Crippen molar-refractivity contribution in [3.8, 4) is 11.6 Å². The van der Waals surface area contributed by atoms with Crippen molar-refractivity contribution in [1.29, 1.82) is 0 Å². The number of imide groups is 1. The van der Waals surface area contributed by atoms with Gasteiger partial charge < -0.3 is 10.1 Å². The Morgan fingerprint density at radius 3 is 2.78 bits per heavy atom. The molecule has 0 saturated carbocycles. The maximum Gasteiger partial charge on any atom is 0.325 e. The van der Waals surface area contributed by atoms with E-state index in [0.717, 1.165) is 16.0 Å². The molecule has 2 heterocycles. The number of urea groups is 1. The van der Waals surface area contributed by atoms with Gasteiger partial charge in [0.1, 0.15) is 11.3 Å². The lowest BCUT2D eigenvalue weighted by Gasteiger charge is -2.20. The third kappa shape index (κ3) is 3.77. The van der Waals surface area contributed by atoms with Crippen LogP contribution in [0.1, 0.15) is 30.0 Å². The molecule has 7 heteroatoms. The number of carbonyl (C=O) groups excluding carboxylic acids is 2. The molecule has 1 N–H and O–H groups in total. The molecule has 1 aromatic heterocycles. The van der Waals surface area contributed by atoms with Gasteiger partial charge in [-0.05, 0) is 49.6 Å². The minimum atomic E-state index is -1.20. The number of amides is 3. The quantitative estimate of drug-likeness (QED) is 0.787. The van der Waals surface area contributed by atoms with Crippen LogP contribution in [-0.2, 0) is 11.3 Å². The Kier molecular flexibility index (Phi) is 5.12. The number of aryl methyl sites for hydroxylation is 1. The Hall–Kier alpha value is -2.96. The molecule has 27 heavy (non-hydrogen) atoms. The molecular formula is C20H22FN3O3. The third-order valence-electron chi connectivity index (χ3n) is 4.85. The zero-order valence-corrected chi connectivity index (χ0v) is 15.6. The minimum Gasteiger partial charge on any atom is -0.439 e. The van der Waals surface area contributed by atoms with Gasteiger partial charge in [-0.25, -0.2) is 9.78 Å². The van der Waals surface area contributed by atoms with Gasteiger partial charge in [0.05, 0.1) is 13.2 Å². The predicted octanol–water partition coefficient (Wildman–Crippen LogP) is 3.66. The van der Waals surface area contributed by atoms with Crippen molar-refractivity contribution in [2.24, 2.45) is 0 Å². The van der Waals surface area contributed by atoms with Gasteiger partial charge in [-0.1, -0.05) is 12.1 Å². The second kappa shape index (κ2) is 7.34. The highest BCUT2D eigenvalue weighted by molar-refractivity contribution is 6.06. The number of alkyl halides is 1. The van der Waals surface area contributed by atoms with Gasteiger partial charge >= 0.3 is 6.03 Å². The van der Waals surface area contributed by atoms with E-state index in [0.29, 0.717) is 17.2 Å². The van der Waals surface area contributed by atoms with Gasteiger partial charge in [-0.15, -0.1) is 0 Å². The Bertz CT molecular complexity index is 887. The fraction of sp³-hybridized carbons (Fsp3) is 0.350. The predicted molar refractivity (Wildman–Crippen MR) is 98.3 cm³/mol. The Balaban J connectivity index is 1.77. The molecule has 1 fully saturated rings. The van der Waals surface area contributed by atoms with E-state index in [1.54, 1.807) is 18.3 Å². The Labute approximate surface area is 157 Å². The van der Waals surface area contributed by atoms with E-state index in [9.17, 15) is 14.0 Å². The maximum absolute atomic E-state index is 12.7. The second-order valence-corrected chi connectivity index (χ2v) is 6.89. The molecule has 1 aliphatic rings. The second-order valence-electron chi connectivity index (χ2n) is 6.89. The molecule has 0 aliphatic carbocycles. The summed E-state index contributed by atoms with van der Waals surface area (Å²) >= 11 is 0. The van der Waals surface area contributed by atoms with Gasteiger partial charge in [-0.2, -0.15) is 0 Å². The van der Waals surface area contributed by atoms with Crippen LogP contribution in [0.2, 0.25) is 0 Å². The molecule has 1 aliphatic heterocycles. The first kappa shape index (κ1) is 18.8. The van der Waals surface area contributed by atoms with E-state index in [-0.39, 0.29) is 13.0 Å². The van der Waals surface area contributed by atoms with E-state index >= 15 is 0 Å². The summed E-state index contributed by atoms with van der Waals surface area (Å²) in [5, 5.41) is 2.57. The van der Waals surface area contributed by atoms with Crippen LogP contribution >= 0.6 is 0 Å². The summed E-state index contributed by atoms with van der Waals surface area (Å²) in [7, 11) is 0. The van der Waals surface area contributed by atoms with Crippen LogP contribution in [0.3, 0.4) is 0 Å². The fourth-order valence-corrected chi connectivity index (χ4v) is 2.98. The van der Waals surface area contributed by atoms with Crippen molar-refractivity contribution in [2.75, 3.05) is 6.67 Å². The van der Waals surface area contributed by atoms with Gasteiger partial charge in [0.15, 0.2) is 0 Å². The first-order valence-electron chi connectivity index (χ1n) is 8.73. The molecule has 3 amide bonds. The smallest absolute Gasteiger partial charge is 0.325 e. The summed E-state index contributed by atoms with van der Waals surface area (Å²) in [5.41, 5.74) is 1.62. The Morgan fingerprint density at radius 2 is 2.04 bits per heavy atom. The van der Waals surface area contributed by atoms with Gasteiger partial charge in [-0.3, -0.25) is 14.1 Å². The third-order valence-corrected chi connectivity index (χ3v) is 4.85. The Morgan fingerprint density at radius 1 is 1.26 bits per heavy atom. The van der Waals surface area contributed by atoms with Crippen LogP contribution in [0, 0.1) is 13.8 Å². The standard InChI is InChI=1S/C20H22FN3O3/c1-13-5-4-6-16(14(13)2)27-17-11-15(7-10-22-17)12-24-18(25)20(3,8-9-21)23-19(24)26/h4-7,10-11H,8-9,12H2,1-3H3,(H,23,26). The van der Waals surface area contributed by atoms with Crippen LogP contribution in [0.15, 0.2) is 36.5 Å². The molecule has 3 rings (SSSR count). The lowest BCUT2D eigenvalue weighted by atomic mass is 9.99. The van der Waals surface area contributed by atoms with Crippen LogP contribution in [0.5, 0.6) is 11.6 Å².